The third-order valence-corrected chi connectivity index (χ3v) is 10.9. The number of nitrogens with zero attached hydrogens (tertiary/aromatic N) is 5. The van der Waals surface area contributed by atoms with Crippen LogP contribution < -0.4 is 26.4 Å². The summed E-state index contributed by atoms with van der Waals surface area (Å²) in [5.74, 6) is -1.14. The van der Waals surface area contributed by atoms with E-state index in [1.54, 1.807) is 39.1 Å². The van der Waals surface area contributed by atoms with Crippen molar-refractivity contribution >= 4 is 34.2 Å². The maximum absolute atomic E-state index is 14.2. The van der Waals surface area contributed by atoms with Crippen molar-refractivity contribution in [1.82, 2.24) is 23.5 Å². The summed E-state index contributed by atoms with van der Waals surface area (Å²) < 4.78 is 16.0. The van der Waals surface area contributed by atoms with E-state index in [1.807, 2.05) is 6.08 Å². The van der Waals surface area contributed by atoms with Crippen LogP contribution in [0.25, 0.3) is 11.0 Å². The highest BCUT2D eigenvalue weighted by Gasteiger charge is 2.59. The van der Waals surface area contributed by atoms with Gasteiger partial charge in [-0.1, -0.05) is 30.7 Å². The summed E-state index contributed by atoms with van der Waals surface area (Å²) in [6.07, 6.45) is 3.31. The number of ether oxygens (including phenoxy) is 2. The van der Waals surface area contributed by atoms with E-state index in [1.165, 1.54) is 46.4 Å². The van der Waals surface area contributed by atoms with E-state index >= 15 is 0 Å². The van der Waals surface area contributed by atoms with E-state index < -0.39 is 34.7 Å². The molecule has 49 heavy (non-hydrogen) atoms. The third-order valence-electron chi connectivity index (χ3n) is 10.5. The molecule has 4 aromatic rings. The minimum absolute atomic E-state index is 0.00944. The molecule has 14 heteroatoms. The Morgan fingerprint density at radius 3 is 2.45 bits per heavy atom. The SMILES string of the molecule is COc1cc2nc(CCn3c(=O)n4n(c3=O)[C@@H]3C[C@H]5C(=O)C(C)=CC(=O)[C@@]5(C)[C@@H](c5ccc(O)cc5Cl)C3=CC4)c(=O)n(C)c2cc1OC. The van der Waals surface area contributed by atoms with E-state index in [-0.39, 0.29) is 59.5 Å². The molecule has 1 saturated carbocycles. The first-order valence-corrected chi connectivity index (χ1v) is 16.2. The van der Waals surface area contributed by atoms with Gasteiger partial charge in [0, 0.05) is 49.0 Å². The first kappa shape index (κ1) is 32.4. The van der Waals surface area contributed by atoms with Crippen LogP contribution in [0.4, 0.5) is 0 Å². The van der Waals surface area contributed by atoms with Gasteiger partial charge in [-0.25, -0.2) is 28.5 Å². The number of phenolic OH excluding ortho intramolecular Hbond substituents is 1. The molecule has 1 fully saturated rings. The quantitative estimate of drug-likeness (QED) is 0.301. The number of aromatic hydroxyl groups is 1. The molecule has 0 amide bonds. The van der Waals surface area contributed by atoms with Crippen molar-refractivity contribution in [2.45, 2.75) is 51.7 Å². The van der Waals surface area contributed by atoms with E-state index in [0.29, 0.717) is 39.2 Å². The van der Waals surface area contributed by atoms with Crippen LogP contribution in [0.15, 0.2) is 68.0 Å². The predicted molar refractivity (Wildman–Crippen MR) is 180 cm³/mol. The zero-order chi connectivity index (χ0) is 35.1. The number of hydrogen-bond donors (Lipinski definition) is 1. The van der Waals surface area contributed by atoms with E-state index in [2.05, 4.69) is 4.98 Å². The molecule has 254 valence electrons. The van der Waals surface area contributed by atoms with Crippen LogP contribution in [-0.2, 0) is 36.1 Å². The normalized spacial score (nSPS) is 23.0. The fourth-order valence-electron chi connectivity index (χ4n) is 7.97. The van der Waals surface area contributed by atoms with Gasteiger partial charge in [-0.3, -0.25) is 14.4 Å². The molecule has 1 aliphatic heterocycles. The molecule has 0 radical (unpaired) electrons. The number of aryl methyl sites for hydroxylation is 2. The van der Waals surface area contributed by atoms with Gasteiger partial charge in [-0.2, -0.15) is 0 Å². The van der Waals surface area contributed by atoms with E-state index in [4.69, 9.17) is 21.1 Å². The number of aromatic nitrogens is 5. The molecule has 3 aliphatic rings. The Bertz CT molecular complexity index is 2360. The minimum atomic E-state index is -1.22. The lowest BCUT2D eigenvalue weighted by atomic mass is 9.51. The molecule has 0 unspecified atom stereocenters. The monoisotopic (exact) mass is 687 g/mol. The Morgan fingerprint density at radius 1 is 1.04 bits per heavy atom. The Hall–Kier alpha value is -5.17. The van der Waals surface area contributed by atoms with Gasteiger partial charge in [-0.15, -0.1) is 0 Å². The number of benzene rings is 2. The van der Waals surface area contributed by atoms with E-state index in [0.717, 1.165) is 4.57 Å². The van der Waals surface area contributed by atoms with Crippen LogP contribution in [0, 0.1) is 11.3 Å². The molecule has 7 rings (SSSR count). The fourth-order valence-corrected chi connectivity index (χ4v) is 8.25. The molecular weight excluding hydrogens is 654 g/mol. The number of allylic oxidation sites excluding steroid dienone is 4. The summed E-state index contributed by atoms with van der Waals surface area (Å²) in [7, 11) is 4.60. The first-order valence-electron chi connectivity index (χ1n) is 15.8. The van der Waals surface area contributed by atoms with Gasteiger partial charge in [0.1, 0.15) is 11.4 Å². The summed E-state index contributed by atoms with van der Waals surface area (Å²) in [5.41, 5.74) is -0.0713. The zero-order valence-corrected chi connectivity index (χ0v) is 28.3. The molecule has 0 saturated heterocycles. The van der Waals surface area contributed by atoms with Gasteiger partial charge in [0.25, 0.3) is 5.56 Å². The van der Waals surface area contributed by atoms with Gasteiger partial charge in [0.2, 0.25) is 0 Å². The largest absolute Gasteiger partial charge is 0.508 e. The maximum atomic E-state index is 14.2. The van der Waals surface area contributed by atoms with Crippen LogP contribution in [0.3, 0.4) is 0 Å². The smallest absolute Gasteiger partial charge is 0.347 e. The summed E-state index contributed by atoms with van der Waals surface area (Å²) in [6.45, 7) is 3.27. The average molecular weight is 688 g/mol. The van der Waals surface area contributed by atoms with Crippen molar-refractivity contribution in [2.75, 3.05) is 14.2 Å². The molecule has 2 aliphatic carbocycles. The van der Waals surface area contributed by atoms with Crippen LogP contribution in [0.1, 0.15) is 43.5 Å². The maximum Gasteiger partial charge on any atom is 0.347 e. The van der Waals surface area contributed by atoms with Crippen molar-refractivity contribution in [2.24, 2.45) is 18.4 Å². The summed E-state index contributed by atoms with van der Waals surface area (Å²) in [4.78, 5) is 73.4. The second-order valence-corrected chi connectivity index (χ2v) is 13.4. The van der Waals surface area contributed by atoms with Crippen molar-refractivity contribution in [3.63, 3.8) is 0 Å². The fraction of sp³-hybridized carbons (Fsp3) is 0.371. The summed E-state index contributed by atoms with van der Waals surface area (Å²) in [6, 6.07) is 7.07. The lowest BCUT2D eigenvalue weighted by Crippen LogP contribution is -2.54. The highest BCUT2D eigenvalue weighted by Crippen LogP contribution is 2.60. The zero-order valence-electron chi connectivity index (χ0n) is 27.5. The average Bonchev–Trinajstić information content (AvgIpc) is 3.32. The Kier molecular flexibility index (Phi) is 7.58. The third kappa shape index (κ3) is 4.66. The minimum Gasteiger partial charge on any atom is -0.508 e. The molecule has 0 bridgehead atoms. The lowest BCUT2D eigenvalue weighted by molar-refractivity contribution is -0.139. The molecule has 4 atom stereocenters. The molecular formula is C35H34ClN5O8. The van der Waals surface area contributed by atoms with Crippen LogP contribution in [-0.4, -0.2) is 54.4 Å². The Balaban J connectivity index is 1.30. The van der Waals surface area contributed by atoms with Gasteiger partial charge in [0.15, 0.2) is 23.1 Å². The first-order chi connectivity index (χ1) is 23.3. The van der Waals surface area contributed by atoms with Crippen molar-refractivity contribution < 1.29 is 24.2 Å². The highest BCUT2D eigenvalue weighted by molar-refractivity contribution is 6.31. The molecule has 1 N–H and O–H groups in total. The molecule has 2 aromatic carbocycles. The highest BCUT2D eigenvalue weighted by atomic mass is 35.5. The van der Waals surface area contributed by atoms with Gasteiger partial charge >= 0.3 is 11.4 Å². The number of fused-ring (bicyclic) bond motifs is 5. The number of carbonyl (C=O) groups is 2. The number of halogens is 1. The van der Waals surface area contributed by atoms with Crippen LogP contribution in [0.5, 0.6) is 17.2 Å². The standard InChI is InChI=1S/C35H34ClN5O8/c1-17-12-29(43)35(2)21(31(17)44)14-25-20(30(35)19-7-6-18(42)13-22(19)36)8-11-40-33(46)39(34(47)41(25)40)10-9-23-32(45)38(3)26-16-28(49-5)27(48-4)15-24(26)37-23/h6-8,12-13,15-16,21,25,30,42H,9-11,14H2,1-5H3/t21-,25+,30-,35-/m0/s1. The van der Waals surface area contributed by atoms with Crippen molar-refractivity contribution in [1.29, 1.82) is 0 Å². The number of phenols is 1. The molecule has 2 aromatic heterocycles. The van der Waals surface area contributed by atoms with Gasteiger partial charge in [-0.05, 0) is 48.3 Å². The second kappa shape index (κ2) is 11.5. The predicted octanol–water partition coefficient (Wildman–Crippen LogP) is 3.07. The topological polar surface area (TPSA) is 157 Å². The number of methoxy groups -OCH3 is 2. The molecule has 3 heterocycles. The lowest BCUT2D eigenvalue weighted by Gasteiger charge is -2.52. The van der Waals surface area contributed by atoms with Gasteiger partial charge < -0.3 is 19.1 Å². The number of ketones is 2. The second-order valence-electron chi connectivity index (χ2n) is 13.0. The molecule has 0 spiro atoms. The van der Waals surface area contributed by atoms with Crippen molar-refractivity contribution in [3.05, 3.63) is 101 Å². The van der Waals surface area contributed by atoms with Crippen molar-refractivity contribution in [3.8, 4) is 17.2 Å². The number of carbonyl (C=O) groups excluding carboxylic acids is 2. The summed E-state index contributed by atoms with van der Waals surface area (Å²) >= 11 is 6.68. The number of rotatable bonds is 6. The van der Waals surface area contributed by atoms with E-state index in [9.17, 15) is 29.1 Å². The summed E-state index contributed by atoms with van der Waals surface area (Å²) in [5, 5.41) is 10.3. The van der Waals surface area contributed by atoms with Crippen LogP contribution in [0.2, 0.25) is 5.02 Å². The molecule has 13 nitrogen and oxygen atoms in total. The Morgan fingerprint density at radius 2 is 1.76 bits per heavy atom. The van der Waals surface area contributed by atoms with Crippen LogP contribution >= 0.6 is 11.6 Å². The number of hydrogen-bond acceptors (Lipinski definition) is 9. The number of Topliss-reactive ketones (excluding diaryl/α,β-unsaturated/α-hetero) is 1. The van der Waals surface area contributed by atoms with Gasteiger partial charge in [0.05, 0.1) is 43.3 Å². The Labute approximate surface area is 284 Å².